The number of fused-ring (bicyclic) bond motifs is 1. The minimum Gasteiger partial charge on any atom is -0.493 e. The first-order valence-corrected chi connectivity index (χ1v) is 12.4. The fourth-order valence-corrected chi connectivity index (χ4v) is 5.69. The molecule has 2 aromatic carbocycles. The minimum atomic E-state index is 0.653. The van der Waals surface area contributed by atoms with Crippen molar-refractivity contribution in [2.45, 2.75) is 25.7 Å². The van der Waals surface area contributed by atoms with Crippen LogP contribution < -0.4 is 14.4 Å². The number of benzene rings is 2. The van der Waals surface area contributed by atoms with E-state index in [0.29, 0.717) is 17.3 Å². The summed E-state index contributed by atoms with van der Waals surface area (Å²) in [5.41, 5.74) is 2.73. The average Bonchev–Trinajstić information content (AvgIpc) is 3.01. The monoisotopic (exact) mass is 478 g/mol. The van der Waals surface area contributed by atoms with Crippen molar-refractivity contribution in [3.8, 4) is 28.6 Å². The van der Waals surface area contributed by atoms with Crippen LogP contribution in [0.2, 0.25) is 0 Å². The van der Waals surface area contributed by atoms with E-state index in [1.54, 1.807) is 25.6 Å². The van der Waals surface area contributed by atoms with Crippen molar-refractivity contribution >= 4 is 39.7 Å². The Hall–Kier alpha value is -2.97. The van der Waals surface area contributed by atoms with Crippen molar-refractivity contribution in [3.63, 3.8) is 0 Å². The van der Waals surface area contributed by atoms with E-state index < -0.39 is 0 Å². The predicted molar refractivity (Wildman–Crippen MR) is 137 cm³/mol. The molecule has 0 aliphatic carbocycles. The van der Waals surface area contributed by atoms with Crippen LogP contribution in [0.15, 0.2) is 48.5 Å². The van der Waals surface area contributed by atoms with Crippen LogP contribution in [-0.2, 0) is 0 Å². The second-order valence-electron chi connectivity index (χ2n) is 8.03. The van der Waals surface area contributed by atoms with E-state index in [2.05, 4.69) is 21.6 Å². The standard InChI is InChI=1S/C25H26N4O2S2/c1-30-19-13-12-17(16-20(19)31-2)22-26-23(28-14-8-3-4-9-15-28)21-24(27-22)29(25(32)33-21)18-10-6-5-7-11-18/h5-7,10-13,16H,3-4,8-9,14-15H2,1-2H3. The first-order chi connectivity index (χ1) is 16.2. The molecule has 1 aliphatic heterocycles. The zero-order valence-electron chi connectivity index (χ0n) is 18.8. The molecule has 0 atom stereocenters. The number of nitrogens with zero attached hydrogens (tertiary/aromatic N) is 4. The quantitative estimate of drug-likeness (QED) is 0.315. The normalized spacial score (nSPS) is 14.3. The second kappa shape index (κ2) is 9.49. The van der Waals surface area contributed by atoms with Gasteiger partial charge in [-0.05, 0) is 55.4 Å². The summed E-state index contributed by atoms with van der Waals surface area (Å²) in [7, 11) is 3.27. The number of hydrogen-bond donors (Lipinski definition) is 0. The topological polar surface area (TPSA) is 52.4 Å². The van der Waals surface area contributed by atoms with Gasteiger partial charge in [-0.2, -0.15) is 0 Å². The maximum Gasteiger partial charge on any atom is 0.168 e. The number of methoxy groups -OCH3 is 2. The van der Waals surface area contributed by atoms with Gasteiger partial charge in [0.2, 0.25) is 0 Å². The largest absolute Gasteiger partial charge is 0.493 e. The Morgan fingerprint density at radius 1 is 0.879 bits per heavy atom. The van der Waals surface area contributed by atoms with Gasteiger partial charge in [0.05, 0.1) is 14.2 Å². The molecular formula is C25H26N4O2S2. The van der Waals surface area contributed by atoms with Crippen molar-refractivity contribution < 1.29 is 9.47 Å². The summed E-state index contributed by atoms with van der Waals surface area (Å²) in [6.45, 7) is 1.99. The van der Waals surface area contributed by atoms with E-state index in [-0.39, 0.29) is 0 Å². The molecule has 1 saturated heterocycles. The maximum absolute atomic E-state index is 5.81. The molecule has 2 aromatic heterocycles. The van der Waals surface area contributed by atoms with Gasteiger partial charge in [-0.15, -0.1) is 0 Å². The first-order valence-electron chi connectivity index (χ1n) is 11.2. The zero-order chi connectivity index (χ0) is 22.8. The van der Waals surface area contributed by atoms with Crippen LogP contribution in [0.25, 0.3) is 27.4 Å². The summed E-state index contributed by atoms with van der Waals surface area (Å²) in [5, 5.41) is 0. The molecule has 170 valence electrons. The van der Waals surface area contributed by atoms with Crippen LogP contribution >= 0.6 is 23.6 Å². The predicted octanol–water partition coefficient (Wildman–Crippen LogP) is 6.28. The smallest absolute Gasteiger partial charge is 0.168 e. The molecule has 5 rings (SSSR count). The van der Waals surface area contributed by atoms with Gasteiger partial charge < -0.3 is 14.4 Å². The van der Waals surface area contributed by atoms with Crippen LogP contribution in [0.5, 0.6) is 11.5 Å². The SMILES string of the molecule is COc1ccc(-c2nc(N3CCCCCC3)c3sc(=S)n(-c4ccccc4)c3n2)cc1OC. The Morgan fingerprint density at radius 3 is 2.30 bits per heavy atom. The summed E-state index contributed by atoms with van der Waals surface area (Å²) in [6, 6.07) is 16.0. The number of rotatable bonds is 5. The van der Waals surface area contributed by atoms with Crippen molar-refractivity contribution in [2.24, 2.45) is 0 Å². The van der Waals surface area contributed by atoms with Crippen LogP contribution in [0.3, 0.4) is 0 Å². The van der Waals surface area contributed by atoms with Gasteiger partial charge >= 0.3 is 0 Å². The van der Waals surface area contributed by atoms with Crippen LogP contribution in [0, 0.1) is 3.95 Å². The lowest BCUT2D eigenvalue weighted by Gasteiger charge is -2.22. The summed E-state index contributed by atoms with van der Waals surface area (Å²) in [5.74, 6) is 2.95. The molecule has 8 heteroatoms. The lowest BCUT2D eigenvalue weighted by Crippen LogP contribution is -2.25. The molecule has 0 bridgehead atoms. The minimum absolute atomic E-state index is 0.653. The highest BCUT2D eigenvalue weighted by Gasteiger charge is 2.22. The van der Waals surface area contributed by atoms with Crippen molar-refractivity contribution in [2.75, 3.05) is 32.2 Å². The third-order valence-electron chi connectivity index (χ3n) is 5.98. The summed E-state index contributed by atoms with van der Waals surface area (Å²) in [4.78, 5) is 12.5. The Morgan fingerprint density at radius 2 is 1.61 bits per heavy atom. The molecule has 6 nitrogen and oxygen atoms in total. The number of para-hydroxylation sites is 1. The highest BCUT2D eigenvalue weighted by Crippen LogP contribution is 2.37. The summed E-state index contributed by atoms with van der Waals surface area (Å²) in [6.07, 6.45) is 4.85. The third kappa shape index (κ3) is 4.20. The highest BCUT2D eigenvalue weighted by atomic mass is 32.1. The van der Waals surface area contributed by atoms with Crippen LogP contribution in [-0.4, -0.2) is 41.8 Å². The van der Waals surface area contributed by atoms with Gasteiger partial charge in [0, 0.05) is 24.3 Å². The Bertz CT molecular complexity index is 1330. The number of hydrogen-bond acceptors (Lipinski definition) is 7. The van der Waals surface area contributed by atoms with Gasteiger partial charge in [0.25, 0.3) is 0 Å². The second-order valence-corrected chi connectivity index (χ2v) is 9.68. The molecule has 0 amide bonds. The molecular weight excluding hydrogens is 452 g/mol. The lowest BCUT2D eigenvalue weighted by atomic mass is 10.2. The Kier molecular flexibility index (Phi) is 6.28. The highest BCUT2D eigenvalue weighted by molar-refractivity contribution is 7.73. The van der Waals surface area contributed by atoms with Crippen molar-refractivity contribution in [1.29, 1.82) is 0 Å². The van der Waals surface area contributed by atoms with Gasteiger partial charge in [0.1, 0.15) is 4.70 Å². The van der Waals surface area contributed by atoms with Gasteiger partial charge in [-0.3, -0.25) is 4.57 Å². The molecule has 0 spiro atoms. The zero-order valence-corrected chi connectivity index (χ0v) is 20.4. The molecule has 1 fully saturated rings. The van der Waals surface area contributed by atoms with Crippen molar-refractivity contribution in [3.05, 3.63) is 52.5 Å². The van der Waals surface area contributed by atoms with Crippen molar-refractivity contribution in [1.82, 2.24) is 14.5 Å². The Balaban J connectivity index is 1.75. The maximum atomic E-state index is 5.81. The van der Waals surface area contributed by atoms with E-state index >= 15 is 0 Å². The first kappa shape index (κ1) is 21.9. The number of ether oxygens (including phenoxy) is 2. The van der Waals surface area contributed by atoms with Crippen LogP contribution in [0.4, 0.5) is 5.82 Å². The summed E-state index contributed by atoms with van der Waals surface area (Å²) >= 11 is 7.40. The summed E-state index contributed by atoms with van der Waals surface area (Å²) < 4.78 is 14.8. The fraction of sp³-hybridized carbons (Fsp3) is 0.320. The number of aromatic nitrogens is 3. The van der Waals surface area contributed by atoms with E-state index in [1.165, 1.54) is 25.7 Å². The molecule has 1 aliphatic rings. The average molecular weight is 479 g/mol. The van der Waals surface area contributed by atoms with Gasteiger partial charge in [-0.1, -0.05) is 42.4 Å². The number of anilines is 1. The molecule has 33 heavy (non-hydrogen) atoms. The lowest BCUT2D eigenvalue weighted by molar-refractivity contribution is 0.355. The Labute approximate surface area is 202 Å². The number of thiazole rings is 1. The molecule has 0 saturated carbocycles. The van der Waals surface area contributed by atoms with Crippen LogP contribution in [0.1, 0.15) is 25.7 Å². The third-order valence-corrected chi connectivity index (χ3v) is 7.33. The molecule has 3 heterocycles. The van der Waals surface area contributed by atoms with E-state index in [4.69, 9.17) is 31.7 Å². The molecule has 0 radical (unpaired) electrons. The van der Waals surface area contributed by atoms with Gasteiger partial charge in [-0.25, -0.2) is 9.97 Å². The molecule has 0 N–H and O–H groups in total. The van der Waals surface area contributed by atoms with Gasteiger partial charge in [0.15, 0.2) is 32.7 Å². The van der Waals surface area contributed by atoms with E-state index in [0.717, 1.165) is 44.5 Å². The molecule has 4 aromatic rings. The van der Waals surface area contributed by atoms with E-state index in [1.807, 2.05) is 36.4 Å². The molecule has 0 unspecified atom stereocenters. The van der Waals surface area contributed by atoms with E-state index in [9.17, 15) is 0 Å². The fourth-order valence-electron chi connectivity index (χ4n) is 4.30.